The Bertz CT molecular complexity index is 479. The van der Waals surface area contributed by atoms with Crippen LogP contribution in [0.3, 0.4) is 0 Å². The van der Waals surface area contributed by atoms with Crippen LogP contribution in [0.15, 0.2) is 31.0 Å². The molecule has 0 aliphatic carbocycles. The smallest absolute Gasteiger partial charge is 0.0953 e. The van der Waals surface area contributed by atoms with Crippen molar-refractivity contribution in [1.29, 1.82) is 0 Å². The molecular weight excluding hydrogens is 234 g/mol. The number of rotatable bonds is 5. The van der Waals surface area contributed by atoms with Crippen molar-refractivity contribution in [2.75, 3.05) is 0 Å². The third-order valence-corrected chi connectivity index (χ3v) is 3.03. The van der Waals surface area contributed by atoms with E-state index in [2.05, 4.69) is 21.5 Å². The Morgan fingerprint density at radius 1 is 1.35 bits per heavy atom. The van der Waals surface area contributed by atoms with Crippen LogP contribution >= 0.6 is 11.6 Å². The highest BCUT2D eigenvalue weighted by atomic mass is 35.5. The van der Waals surface area contributed by atoms with Gasteiger partial charge in [-0.1, -0.05) is 31.4 Å². The molecule has 0 aliphatic heterocycles. The molecule has 2 aromatic rings. The molecule has 17 heavy (non-hydrogen) atoms. The second-order valence-corrected chi connectivity index (χ2v) is 4.47. The van der Waals surface area contributed by atoms with E-state index in [0.717, 1.165) is 17.8 Å². The van der Waals surface area contributed by atoms with Gasteiger partial charge in [0.05, 0.1) is 17.0 Å². The van der Waals surface area contributed by atoms with Crippen molar-refractivity contribution in [3.8, 4) is 11.3 Å². The van der Waals surface area contributed by atoms with Crippen molar-refractivity contribution < 1.29 is 0 Å². The van der Waals surface area contributed by atoms with Gasteiger partial charge in [-0.2, -0.15) is 0 Å². The number of pyridine rings is 1. The fourth-order valence-electron chi connectivity index (χ4n) is 1.73. The van der Waals surface area contributed by atoms with Crippen molar-refractivity contribution in [3.63, 3.8) is 0 Å². The SMILES string of the molecule is CCCCCn1cnc(-c2cnccc2Cl)c1. The van der Waals surface area contributed by atoms with Crippen LogP contribution in [0.25, 0.3) is 11.3 Å². The van der Waals surface area contributed by atoms with Gasteiger partial charge in [0.25, 0.3) is 0 Å². The second kappa shape index (κ2) is 5.82. The van der Waals surface area contributed by atoms with Crippen molar-refractivity contribution in [2.24, 2.45) is 0 Å². The maximum absolute atomic E-state index is 6.11. The van der Waals surface area contributed by atoms with Crippen molar-refractivity contribution in [2.45, 2.75) is 32.7 Å². The maximum Gasteiger partial charge on any atom is 0.0953 e. The molecule has 3 nitrogen and oxygen atoms in total. The molecule has 0 bridgehead atoms. The highest BCUT2D eigenvalue weighted by Gasteiger charge is 2.06. The molecule has 0 unspecified atom stereocenters. The summed E-state index contributed by atoms with van der Waals surface area (Å²) in [4.78, 5) is 8.44. The largest absolute Gasteiger partial charge is 0.337 e. The van der Waals surface area contributed by atoms with Crippen LogP contribution in [0.5, 0.6) is 0 Å². The minimum atomic E-state index is 0.693. The van der Waals surface area contributed by atoms with Gasteiger partial charge in [0.2, 0.25) is 0 Å². The van der Waals surface area contributed by atoms with Gasteiger partial charge in [-0.25, -0.2) is 4.98 Å². The van der Waals surface area contributed by atoms with Gasteiger partial charge in [0.1, 0.15) is 0 Å². The van der Waals surface area contributed by atoms with Gasteiger partial charge in [-0.05, 0) is 12.5 Å². The number of hydrogen-bond acceptors (Lipinski definition) is 2. The van der Waals surface area contributed by atoms with E-state index >= 15 is 0 Å². The van der Waals surface area contributed by atoms with Gasteiger partial charge in [-0.15, -0.1) is 0 Å². The summed E-state index contributed by atoms with van der Waals surface area (Å²) in [5.74, 6) is 0. The van der Waals surface area contributed by atoms with Gasteiger partial charge in [-0.3, -0.25) is 4.98 Å². The summed E-state index contributed by atoms with van der Waals surface area (Å²) in [5, 5.41) is 0.693. The summed E-state index contributed by atoms with van der Waals surface area (Å²) in [6, 6.07) is 1.78. The number of nitrogens with zero attached hydrogens (tertiary/aromatic N) is 3. The molecule has 2 heterocycles. The maximum atomic E-state index is 6.11. The van der Waals surface area contributed by atoms with Crippen LogP contribution in [0.2, 0.25) is 5.02 Å². The molecule has 0 N–H and O–H groups in total. The molecule has 0 radical (unpaired) electrons. The standard InChI is InChI=1S/C13H16ClN3/c1-2-3-4-7-17-9-13(16-10-17)11-8-15-6-5-12(11)14/h5-6,8-10H,2-4,7H2,1H3. The van der Waals surface area contributed by atoms with E-state index in [4.69, 9.17) is 11.6 Å². The lowest BCUT2D eigenvalue weighted by molar-refractivity contribution is 0.602. The fraction of sp³-hybridized carbons (Fsp3) is 0.385. The van der Waals surface area contributed by atoms with Crippen LogP contribution in [0.4, 0.5) is 0 Å². The third-order valence-electron chi connectivity index (χ3n) is 2.70. The Kier molecular flexibility index (Phi) is 4.15. The number of aromatic nitrogens is 3. The zero-order valence-electron chi connectivity index (χ0n) is 9.93. The molecule has 0 amide bonds. The van der Waals surface area contributed by atoms with E-state index in [1.165, 1.54) is 19.3 Å². The van der Waals surface area contributed by atoms with E-state index < -0.39 is 0 Å². The van der Waals surface area contributed by atoms with Gasteiger partial charge in [0.15, 0.2) is 0 Å². The molecule has 4 heteroatoms. The Morgan fingerprint density at radius 2 is 2.24 bits per heavy atom. The van der Waals surface area contributed by atoms with Crippen molar-refractivity contribution >= 4 is 11.6 Å². The van der Waals surface area contributed by atoms with E-state index in [9.17, 15) is 0 Å². The third kappa shape index (κ3) is 3.07. The average Bonchev–Trinajstić information content (AvgIpc) is 2.79. The van der Waals surface area contributed by atoms with Gasteiger partial charge in [0, 0.05) is 30.7 Å². The molecular formula is C13H16ClN3. The quantitative estimate of drug-likeness (QED) is 0.755. The summed E-state index contributed by atoms with van der Waals surface area (Å²) in [6.07, 6.45) is 11.0. The summed E-state index contributed by atoms with van der Waals surface area (Å²) < 4.78 is 2.11. The highest BCUT2D eigenvalue weighted by Crippen LogP contribution is 2.24. The van der Waals surface area contributed by atoms with E-state index in [0.29, 0.717) is 5.02 Å². The first-order valence-corrected chi connectivity index (χ1v) is 6.30. The molecule has 0 spiro atoms. The lowest BCUT2D eigenvalue weighted by atomic mass is 10.2. The monoisotopic (exact) mass is 249 g/mol. The molecule has 90 valence electrons. The Morgan fingerprint density at radius 3 is 3.00 bits per heavy atom. The molecule has 0 saturated carbocycles. The predicted octanol–water partition coefficient (Wildman–Crippen LogP) is 3.79. The Hall–Kier alpha value is -1.35. The normalized spacial score (nSPS) is 10.7. The Labute approximate surface area is 106 Å². The van der Waals surface area contributed by atoms with Crippen molar-refractivity contribution in [3.05, 3.63) is 36.0 Å². The average molecular weight is 250 g/mol. The topological polar surface area (TPSA) is 30.7 Å². The lowest BCUT2D eigenvalue weighted by Crippen LogP contribution is -1.93. The van der Waals surface area contributed by atoms with Crippen LogP contribution in [-0.4, -0.2) is 14.5 Å². The summed E-state index contributed by atoms with van der Waals surface area (Å²) >= 11 is 6.11. The summed E-state index contributed by atoms with van der Waals surface area (Å²) in [5.41, 5.74) is 1.78. The van der Waals surface area contributed by atoms with Gasteiger partial charge < -0.3 is 4.57 Å². The van der Waals surface area contributed by atoms with Crippen molar-refractivity contribution in [1.82, 2.24) is 14.5 Å². The number of halogens is 1. The molecule has 0 saturated heterocycles. The molecule has 2 rings (SSSR count). The predicted molar refractivity (Wildman–Crippen MR) is 70.0 cm³/mol. The molecule has 0 fully saturated rings. The second-order valence-electron chi connectivity index (χ2n) is 4.06. The zero-order valence-corrected chi connectivity index (χ0v) is 10.7. The highest BCUT2D eigenvalue weighted by molar-refractivity contribution is 6.33. The minimum Gasteiger partial charge on any atom is -0.337 e. The van der Waals surface area contributed by atoms with Crippen LogP contribution in [0.1, 0.15) is 26.2 Å². The molecule has 0 atom stereocenters. The molecule has 0 aliphatic rings. The van der Waals surface area contributed by atoms with E-state index in [1.54, 1.807) is 18.5 Å². The number of hydrogen-bond donors (Lipinski definition) is 0. The van der Waals surface area contributed by atoms with Gasteiger partial charge >= 0.3 is 0 Å². The summed E-state index contributed by atoms with van der Waals surface area (Å²) in [6.45, 7) is 3.22. The fourth-order valence-corrected chi connectivity index (χ4v) is 1.93. The molecule has 2 aromatic heterocycles. The van der Waals surface area contributed by atoms with E-state index in [1.807, 2.05) is 12.5 Å². The number of imidazole rings is 1. The number of aryl methyl sites for hydroxylation is 1. The summed E-state index contributed by atoms with van der Waals surface area (Å²) in [7, 11) is 0. The first kappa shape index (κ1) is 12.1. The van der Waals surface area contributed by atoms with Crippen LogP contribution < -0.4 is 0 Å². The lowest BCUT2D eigenvalue weighted by Gasteiger charge is -2.00. The molecule has 0 aromatic carbocycles. The van der Waals surface area contributed by atoms with E-state index in [-0.39, 0.29) is 0 Å². The van der Waals surface area contributed by atoms with Crippen LogP contribution in [-0.2, 0) is 6.54 Å². The number of unbranched alkanes of at least 4 members (excludes halogenated alkanes) is 2. The Balaban J connectivity index is 2.10. The first-order valence-electron chi connectivity index (χ1n) is 5.93. The first-order chi connectivity index (χ1) is 8.31. The zero-order chi connectivity index (χ0) is 12.1. The minimum absolute atomic E-state index is 0.693. The van der Waals surface area contributed by atoms with Crippen LogP contribution in [0, 0.1) is 0 Å².